The van der Waals surface area contributed by atoms with Crippen LogP contribution < -0.4 is 0 Å². The summed E-state index contributed by atoms with van der Waals surface area (Å²) in [4.78, 5) is 11.9. The third kappa shape index (κ3) is 4.62. The van der Waals surface area contributed by atoms with Gasteiger partial charge in [-0.2, -0.15) is 13.2 Å². The average Bonchev–Trinajstić information content (AvgIpc) is 2.44. The number of halogens is 3. The summed E-state index contributed by atoms with van der Waals surface area (Å²) in [7, 11) is 0. The summed E-state index contributed by atoms with van der Waals surface area (Å²) in [6, 6.07) is 0. The zero-order valence-corrected chi connectivity index (χ0v) is 13.3. The minimum atomic E-state index is -4.56. The van der Waals surface area contributed by atoms with E-state index in [1.165, 1.54) is 19.8 Å². The predicted molar refractivity (Wildman–Crippen MR) is 75.8 cm³/mol. The molecule has 0 aliphatic heterocycles. The first kappa shape index (κ1) is 18.3. The molecule has 0 bridgehead atoms. The molecule has 1 rings (SSSR count). The lowest BCUT2D eigenvalue weighted by Gasteiger charge is -2.33. The summed E-state index contributed by atoms with van der Waals surface area (Å²) < 4.78 is 44.2. The van der Waals surface area contributed by atoms with Gasteiger partial charge in [-0.15, -0.1) is 0 Å². The van der Waals surface area contributed by atoms with Crippen LogP contribution in [0.5, 0.6) is 0 Å². The molecule has 1 unspecified atom stereocenters. The molecule has 0 aromatic heterocycles. The van der Waals surface area contributed by atoms with E-state index in [2.05, 4.69) is 6.92 Å². The van der Waals surface area contributed by atoms with E-state index in [-0.39, 0.29) is 12.5 Å². The van der Waals surface area contributed by atoms with E-state index in [0.717, 1.165) is 26.2 Å². The van der Waals surface area contributed by atoms with E-state index < -0.39 is 17.6 Å². The molecule has 5 heteroatoms. The number of carbonyl (C=O) groups is 1. The number of unbranched alkanes of at least 4 members (excludes halogenated alkanes) is 1. The average molecular weight is 308 g/mol. The van der Waals surface area contributed by atoms with Gasteiger partial charge in [0.15, 0.2) is 5.41 Å². The van der Waals surface area contributed by atoms with Crippen LogP contribution in [0.1, 0.15) is 72.1 Å². The van der Waals surface area contributed by atoms with Gasteiger partial charge < -0.3 is 4.74 Å². The monoisotopic (exact) mass is 308 g/mol. The molecule has 0 saturated heterocycles. The van der Waals surface area contributed by atoms with E-state index in [9.17, 15) is 18.0 Å². The van der Waals surface area contributed by atoms with E-state index >= 15 is 0 Å². The van der Waals surface area contributed by atoms with Gasteiger partial charge in [-0.3, -0.25) is 4.79 Å². The summed E-state index contributed by atoms with van der Waals surface area (Å²) >= 11 is 0. The maximum absolute atomic E-state index is 13.0. The second-order valence-corrected chi connectivity index (χ2v) is 6.37. The van der Waals surface area contributed by atoms with Crippen LogP contribution in [0.2, 0.25) is 0 Å². The molecule has 1 atom stereocenters. The molecular weight excluding hydrogens is 281 g/mol. The lowest BCUT2D eigenvalue weighted by atomic mass is 9.83. The van der Waals surface area contributed by atoms with Gasteiger partial charge in [-0.1, -0.05) is 33.1 Å². The molecule has 1 aliphatic carbocycles. The second-order valence-electron chi connectivity index (χ2n) is 6.37. The number of alkyl halides is 3. The first-order valence-corrected chi connectivity index (χ1v) is 8.02. The van der Waals surface area contributed by atoms with Crippen molar-refractivity contribution >= 4 is 5.97 Å². The van der Waals surface area contributed by atoms with Gasteiger partial charge >= 0.3 is 12.1 Å². The zero-order chi connectivity index (χ0) is 16.1. The fourth-order valence-electron chi connectivity index (χ4n) is 2.77. The Hall–Kier alpha value is -0.740. The highest BCUT2D eigenvalue weighted by Gasteiger charge is 2.57. The van der Waals surface area contributed by atoms with Crippen LogP contribution in [0, 0.1) is 11.3 Å². The second kappa shape index (κ2) is 7.50. The van der Waals surface area contributed by atoms with Crippen molar-refractivity contribution in [3.05, 3.63) is 0 Å². The number of esters is 1. The molecule has 0 N–H and O–H groups in total. The van der Waals surface area contributed by atoms with Gasteiger partial charge in [0.2, 0.25) is 0 Å². The molecule has 1 fully saturated rings. The highest BCUT2D eigenvalue weighted by molar-refractivity contribution is 5.77. The first-order valence-electron chi connectivity index (χ1n) is 8.02. The maximum atomic E-state index is 13.0. The lowest BCUT2D eigenvalue weighted by molar-refractivity contribution is -0.234. The van der Waals surface area contributed by atoms with Crippen LogP contribution in [0.25, 0.3) is 0 Å². The number of hydrogen-bond donors (Lipinski definition) is 0. The third-order valence-electron chi connectivity index (χ3n) is 4.82. The molecule has 0 amide bonds. The quantitative estimate of drug-likeness (QED) is 0.626. The first-order chi connectivity index (χ1) is 9.74. The van der Waals surface area contributed by atoms with E-state index in [1.807, 2.05) is 0 Å². The fourth-order valence-corrected chi connectivity index (χ4v) is 2.77. The van der Waals surface area contributed by atoms with Gasteiger partial charge in [0, 0.05) is 0 Å². The minimum absolute atomic E-state index is 0.290. The van der Waals surface area contributed by atoms with Crippen LogP contribution in [0.15, 0.2) is 0 Å². The molecular formula is C16H27F3O2. The normalized spacial score (nSPS) is 26.2. The minimum Gasteiger partial charge on any atom is -0.462 e. The number of carbonyl (C=O) groups excluding carboxylic acids is 1. The van der Waals surface area contributed by atoms with Crippen molar-refractivity contribution < 1.29 is 22.7 Å². The summed E-state index contributed by atoms with van der Waals surface area (Å²) in [5, 5.41) is 0. The van der Waals surface area contributed by atoms with Gasteiger partial charge in [-0.25, -0.2) is 0 Å². The van der Waals surface area contributed by atoms with E-state index in [4.69, 9.17) is 4.74 Å². The van der Waals surface area contributed by atoms with Crippen molar-refractivity contribution in [1.29, 1.82) is 0 Å². The molecule has 0 radical (unpaired) electrons. The molecule has 1 saturated carbocycles. The van der Waals surface area contributed by atoms with Crippen LogP contribution in [-0.2, 0) is 9.53 Å². The van der Waals surface area contributed by atoms with E-state index in [0.29, 0.717) is 18.8 Å². The fraction of sp³-hybridized carbons (Fsp3) is 0.938. The Morgan fingerprint density at radius 3 is 2.14 bits per heavy atom. The maximum Gasteiger partial charge on any atom is 0.404 e. The van der Waals surface area contributed by atoms with Gasteiger partial charge in [0.1, 0.15) is 6.10 Å². The predicted octanol–water partition coefficient (Wildman–Crippen LogP) is 5.26. The van der Waals surface area contributed by atoms with Crippen LogP contribution in [-0.4, -0.2) is 18.2 Å². The van der Waals surface area contributed by atoms with Crippen molar-refractivity contribution in [1.82, 2.24) is 0 Å². The zero-order valence-electron chi connectivity index (χ0n) is 13.3. The van der Waals surface area contributed by atoms with Crippen molar-refractivity contribution in [3.8, 4) is 0 Å². The van der Waals surface area contributed by atoms with Crippen LogP contribution >= 0.6 is 0 Å². The number of rotatable bonds is 6. The summed E-state index contributed by atoms with van der Waals surface area (Å²) in [5.74, 6) is -0.477. The SMILES string of the molecule is CCCCC1CCC(OC(=O)C(C)(CC)C(F)(F)F)CC1. The highest BCUT2D eigenvalue weighted by Crippen LogP contribution is 2.42. The van der Waals surface area contributed by atoms with E-state index in [1.54, 1.807) is 0 Å². The molecule has 0 aromatic carbocycles. The molecule has 0 heterocycles. The van der Waals surface area contributed by atoms with Crippen LogP contribution in [0.3, 0.4) is 0 Å². The van der Waals surface area contributed by atoms with Crippen molar-refractivity contribution in [3.63, 3.8) is 0 Å². The Morgan fingerprint density at radius 2 is 1.71 bits per heavy atom. The largest absolute Gasteiger partial charge is 0.462 e. The van der Waals surface area contributed by atoms with Crippen molar-refractivity contribution in [2.45, 2.75) is 84.4 Å². The molecule has 1 aliphatic rings. The Bertz CT molecular complexity index is 333. The lowest BCUT2D eigenvalue weighted by Crippen LogP contribution is -2.44. The Balaban J connectivity index is 2.50. The molecule has 0 aromatic rings. The summed E-state index contributed by atoms with van der Waals surface area (Å²) in [5.41, 5.74) is -2.38. The van der Waals surface area contributed by atoms with Crippen molar-refractivity contribution in [2.24, 2.45) is 11.3 Å². The Morgan fingerprint density at radius 1 is 1.14 bits per heavy atom. The summed E-state index contributed by atoms with van der Waals surface area (Å²) in [6.45, 7) is 4.45. The van der Waals surface area contributed by atoms with Crippen LogP contribution in [0.4, 0.5) is 13.2 Å². The number of ether oxygens (including phenoxy) is 1. The van der Waals surface area contributed by atoms with Gasteiger partial charge in [0.25, 0.3) is 0 Å². The molecule has 0 spiro atoms. The van der Waals surface area contributed by atoms with Crippen molar-refractivity contribution in [2.75, 3.05) is 0 Å². The highest BCUT2D eigenvalue weighted by atomic mass is 19.4. The Labute approximate surface area is 125 Å². The molecule has 124 valence electrons. The smallest absolute Gasteiger partial charge is 0.404 e. The third-order valence-corrected chi connectivity index (χ3v) is 4.82. The van der Waals surface area contributed by atoms with Gasteiger partial charge in [0.05, 0.1) is 0 Å². The Kier molecular flexibility index (Phi) is 6.54. The molecule has 2 nitrogen and oxygen atoms in total. The topological polar surface area (TPSA) is 26.3 Å². The molecule has 21 heavy (non-hydrogen) atoms. The standard InChI is InChI=1S/C16H27F3O2/c1-4-6-7-12-8-10-13(11-9-12)21-14(20)15(3,5-2)16(17,18)19/h12-13H,4-11H2,1-3H3. The van der Waals surface area contributed by atoms with Gasteiger partial charge in [-0.05, 0) is 44.9 Å². The number of hydrogen-bond acceptors (Lipinski definition) is 2. The summed E-state index contributed by atoms with van der Waals surface area (Å²) in [6.07, 6.45) is 1.62.